The number of nitrogens with one attached hydrogen (secondary N) is 1. The molecular weight excluding hydrogens is 243 g/mol. The predicted octanol–water partition coefficient (Wildman–Crippen LogP) is 1.22. The summed E-state index contributed by atoms with van der Waals surface area (Å²) in [5, 5.41) is 0. The lowest BCUT2D eigenvalue weighted by molar-refractivity contribution is 0.543. The predicted molar refractivity (Wildman–Crippen MR) is 64.3 cm³/mol. The van der Waals surface area contributed by atoms with Crippen LogP contribution in [-0.2, 0) is 16.6 Å². The van der Waals surface area contributed by atoms with E-state index in [-0.39, 0.29) is 23.9 Å². The first-order valence-corrected chi connectivity index (χ1v) is 6.83. The summed E-state index contributed by atoms with van der Waals surface area (Å²) in [5.74, 6) is -0.611. The van der Waals surface area contributed by atoms with E-state index < -0.39 is 15.8 Å². The maximum absolute atomic E-state index is 13.6. The Labute approximate surface area is 101 Å². The van der Waals surface area contributed by atoms with Gasteiger partial charge in [-0.15, -0.1) is 0 Å². The fourth-order valence-electron chi connectivity index (χ4n) is 1.24. The van der Waals surface area contributed by atoms with Crippen molar-refractivity contribution in [2.75, 3.05) is 6.54 Å². The van der Waals surface area contributed by atoms with Gasteiger partial charge in [-0.3, -0.25) is 0 Å². The molecule has 0 aliphatic rings. The van der Waals surface area contributed by atoms with Crippen LogP contribution in [0.4, 0.5) is 4.39 Å². The molecule has 1 aromatic rings. The molecule has 96 valence electrons. The molecule has 0 saturated heterocycles. The fraction of sp³-hybridized carbons (Fsp3) is 0.455. The Bertz CT molecular complexity index is 486. The van der Waals surface area contributed by atoms with Crippen molar-refractivity contribution < 1.29 is 12.8 Å². The summed E-state index contributed by atoms with van der Waals surface area (Å²) < 4.78 is 39.5. The van der Waals surface area contributed by atoms with Crippen molar-refractivity contribution in [2.45, 2.75) is 25.3 Å². The van der Waals surface area contributed by atoms with Crippen LogP contribution >= 0.6 is 0 Å². The molecule has 17 heavy (non-hydrogen) atoms. The minimum Gasteiger partial charge on any atom is -0.326 e. The molecule has 0 aliphatic heterocycles. The SMILES string of the molecule is CC(C)CNS(=O)(=O)c1ccc(CN)cc1F. The van der Waals surface area contributed by atoms with E-state index in [0.717, 1.165) is 6.07 Å². The number of halogens is 1. The maximum atomic E-state index is 13.6. The van der Waals surface area contributed by atoms with Crippen LogP contribution in [0.3, 0.4) is 0 Å². The average Bonchev–Trinajstić information content (AvgIpc) is 2.26. The molecular formula is C11H17FN2O2S. The third-order valence-electron chi connectivity index (χ3n) is 2.20. The van der Waals surface area contributed by atoms with Crippen molar-refractivity contribution in [3.8, 4) is 0 Å². The molecule has 6 heteroatoms. The first-order valence-electron chi connectivity index (χ1n) is 5.35. The second-order valence-electron chi connectivity index (χ2n) is 4.21. The first-order chi connectivity index (χ1) is 7.86. The summed E-state index contributed by atoms with van der Waals surface area (Å²) in [6, 6.07) is 3.89. The molecule has 0 bridgehead atoms. The highest BCUT2D eigenvalue weighted by Crippen LogP contribution is 2.15. The van der Waals surface area contributed by atoms with Crippen molar-refractivity contribution in [3.05, 3.63) is 29.6 Å². The van der Waals surface area contributed by atoms with Gasteiger partial charge in [-0.05, 0) is 23.6 Å². The Balaban J connectivity index is 2.99. The minimum absolute atomic E-state index is 0.163. The van der Waals surface area contributed by atoms with Crippen molar-refractivity contribution >= 4 is 10.0 Å². The van der Waals surface area contributed by atoms with E-state index in [1.807, 2.05) is 13.8 Å². The lowest BCUT2D eigenvalue weighted by Crippen LogP contribution is -2.28. The summed E-state index contributed by atoms with van der Waals surface area (Å²) in [5.41, 5.74) is 5.90. The molecule has 4 nitrogen and oxygen atoms in total. The Kier molecular flexibility index (Phi) is 4.62. The molecule has 0 aliphatic carbocycles. The van der Waals surface area contributed by atoms with E-state index in [9.17, 15) is 12.8 Å². The van der Waals surface area contributed by atoms with Gasteiger partial charge in [0.25, 0.3) is 0 Å². The number of nitrogens with two attached hydrogens (primary N) is 1. The Morgan fingerprint density at radius 1 is 1.41 bits per heavy atom. The monoisotopic (exact) mass is 260 g/mol. The van der Waals surface area contributed by atoms with E-state index >= 15 is 0 Å². The summed E-state index contributed by atoms with van der Waals surface area (Å²) in [6.07, 6.45) is 0. The van der Waals surface area contributed by atoms with Crippen molar-refractivity contribution in [2.24, 2.45) is 11.7 Å². The molecule has 1 rings (SSSR count). The molecule has 0 saturated carbocycles. The van der Waals surface area contributed by atoms with Crippen LogP contribution in [-0.4, -0.2) is 15.0 Å². The van der Waals surface area contributed by atoms with E-state index in [1.54, 1.807) is 0 Å². The van der Waals surface area contributed by atoms with E-state index in [2.05, 4.69) is 4.72 Å². The molecule has 3 N–H and O–H groups in total. The van der Waals surface area contributed by atoms with Gasteiger partial charge in [0.2, 0.25) is 10.0 Å². The highest BCUT2D eigenvalue weighted by molar-refractivity contribution is 7.89. The van der Waals surface area contributed by atoms with Gasteiger partial charge in [-0.1, -0.05) is 19.9 Å². The first kappa shape index (κ1) is 14.1. The molecule has 0 fully saturated rings. The number of hydrogen-bond donors (Lipinski definition) is 2. The minimum atomic E-state index is -3.78. The Morgan fingerprint density at radius 2 is 2.06 bits per heavy atom. The largest absolute Gasteiger partial charge is 0.326 e. The highest BCUT2D eigenvalue weighted by Gasteiger charge is 2.18. The quantitative estimate of drug-likeness (QED) is 0.836. The normalized spacial score (nSPS) is 12.1. The fourth-order valence-corrected chi connectivity index (χ4v) is 2.51. The number of rotatable bonds is 5. The van der Waals surface area contributed by atoms with Crippen LogP contribution in [0.5, 0.6) is 0 Å². The second-order valence-corrected chi connectivity index (χ2v) is 5.95. The molecule has 0 radical (unpaired) electrons. The van der Waals surface area contributed by atoms with Gasteiger partial charge < -0.3 is 5.73 Å². The summed E-state index contributed by atoms with van der Waals surface area (Å²) in [6.45, 7) is 4.20. The van der Waals surface area contributed by atoms with E-state index in [4.69, 9.17) is 5.73 Å². The molecule has 0 heterocycles. The van der Waals surface area contributed by atoms with Crippen LogP contribution in [0.1, 0.15) is 19.4 Å². The third kappa shape index (κ3) is 3.76. The third-order valence-corrected chi connectivity index (χ3v) is 3.66. The van der Waals surface area contributed by atoms with Gasteiger partial charge in [0.05, 0.1) is 0 Å². The van der Waals surface area contributed by atoms with Crippen molar-refractivity contribution in [1.29, 1.82) is 0 Å². The number of sulfonamides is 1. The molecule has 0 aromatic heterocycles. The van der Waals surface area contributed by atoms with E-state index in [1.165, 1.54) is 12.1 Å². The molecule has 0 amide bonds. The Morgan fingerprint density at radius 3 is 2.53 bits per heavy atom. The zero-order valence-electron chi connectivity index (χ0n) is 9.90. The maximum Gasteiger partial charge on any atom is 0.243 e. The second kappa shape index (κ2) is 5.57. The molecule has 1 aromatic carbocycles. The summed E-state index contributed by atoms with van der Waals surface area (Å²) in [7, 11) is -3.78. The van der Waals surface area contributed by atoms with Gasteiger partial charge in [-0.25, -0.2) is 17.5 Å². The van der Waals surface area contributed by atoms with Crippen LogP contribution < -0.4 is 10.5 Å². The summed E-state index contributed by atoms with van der Waals surface area (Å²) >= 11 is 0. The van der Waals surface area contributed by atoms with Crippen LogP contribution in [0.15, 0.2) is 23.1 Å². The van der Waals surface area contributed by atoms with Gasteiger partial charge in [0, 0.05) is 13.1 Å². The average molecular weight is 260 g/mol. The molecule has 0 unspecified atom stereocenters. The van der Waals surface area contributed by atoms with Gasteiger partial charge in [-0.2, -0.15) is 0 Å². The topological polar surface area (TPSA) is 72.2 Å². The lowest BCUT2D eigenvalue weighted by atomic mass is 10.2. The lowest BCUT2D eigenvalue weighted by Gasteiger charge is -2.10. The van der Waals surface area contributed by atoms with Gasteiger partial charge in [0.1, 0.15) is 10.7 Å². The van der Waals surface area contributed by atoms with Crippen LogP contribution in [0.25, 0.3) is 0 Å². The van der Waals surface area contributed by atoms with Crippen LogP contribution in [0.2, 0.25) is 0 Å². The summed E-state index contributed by atoms with van der Waals surface area (Å²) in [4.78, 5) is -0.338. The number of hydrogen-bond acceptors (Lipinski definition) is 3. The molecule has 0 spiro atoms. The van der Waals surface area contributed by atoms with Gasteiger partial charge in [0.15, 0.2) is 0 Å². The highest BCUT2D eigenvalue weighted by atomic mass is 32.2. The Hall–Kier alpha value is -0.980. The zero-order chi connectivity index (χ0) is 13.1. The van der Waals surface area contributed by atoms with E-state index in [0.29, 0.717) is 5.56 Å². The zero-order valence-corrected chi connectivity index (χ0v) is 10.7. The van der Waals surface area contributed by atoms with Gasteiger partial charge >= 0.3 is 0 Å². The van der Waals surface area contributed by atoms with Crippen LogP contribution in [0, 0.1) is 11.7 Å². The number of benzene rings is 1. The standard InChI is InChI=1S/C11H17FN2O2S/c1-8(2)7-14-17(15,16)11-4-3-9(6-13)5-10(11)12/h3-5,8,14H,6-7,13H2,1-2H3. The van der Waals surface area contributed by atoms with Crippen molar-refractivity contribution in [1.82, 2.24) is 4.72 Å². The van der Waals surface area contributed by atoms with Crippen molar-refractivity contribution in [3.63, 3.8) is 0 Å². The smallest absolute Gasteiger partial charge is 0.243 e. The molecule has 0 atom stereocenters.